The highest BCUT2D eigenvalue weighted by Gasteiger charge is 2.18. The van der Waals surface area contributed by atoms with Crippen LogP contribution in [0.1, 0.15) is 11.4 Å². The molecule has 0 aliphatic carbocycles. The fourth-order valence-electron chi connectivity index (χ4n) is 6.54. The Morgan fingerprint density at radius 2 is 0.640 bits per heavy atom. The van der Waals surface area contributed by atoms with Gasteiger partial charge in [-0.25, -0.2) is 15.0 Å². The van der Waals surface area contributed by atoms with Gasteiger partial charge in [-0.15, -0.1) is 0 Å². The van der Waals surface area contributed by atoms with Crippen LogP contribution >= 0.6 is 0 Å². The van der Waals surface area contributed by atoms with Crippen LogP contribution in [0.2, 0.25) is 0 Å². The molecule has 0 N–H and O–H groups in total. The third-order valence-electron chi connectivity index (χ3n) is 8.85. The van der Waals surface area contributed by atoms with E-state index in [0.717, 1.165) is 39.2 Å². The SMILES string of the molecule is Cc1cc(-c2nc(-c3ccccc3)nc(-c3ccc(-c4cc(-c5ccccc5)c(-c5ccccc5)c(-c5ccccc5)c4)cc3)n2)cc(C)n1. The second-order valence-corrected chi connectivity index (χ2v) is 12.4. The van der Waals surface area contributed by atoms with Gasteiger partial charge in [-0.05, 0) is 82.6 Å². The van der Waals surface area contributed by atoms with E-state index in [0.29, 0.717) is 17.5 Å². The Morgan fingerprint density at radius 3 is 1.10 bits per heavy atom. The lowest BCUT2D eigenvalue weighted by molar-refractivity contribution is 1.06. The van der Waals surface area contributed by atoms with Gasteiger partial charge < -0.3 is 0 Å². The zero-order valence-electron chi connectivity index (χ0n) is 28.0. The number of rotatable bonds is 7. The first-order valence-electron chi connectivity index (χ1n) is 16.8. The number of hydrogen-bond acceptors (Lipinski definition) is 4. The van der Waals surface area contributed by atoms with Crippen LogP contribution < -0.4 is 0 Å². The Bertz CT molecular complexity index is 2330. The second-order valence-electron chi connectivity index (χ2n) is 12.4. The lowest BCUT2D eigenvalue weighted by Crippen LogP contribution is -2.01. The first-order chi connectivity index (χ1) is 24.6. The van der Waals surface area contributed by atoms with Gasteiger partial charge in [-0.1, -0.05) is 146 Å². The topological polar surface area (TPSA) is 51.6 Å². The maximum absolute atomic E-state index is 4.99. The Labute approximate surface area is 292 Å². The summed E-state index contributed by atoms with van der Waals surface area (Å²) in [6, 6.07) is 59.3. The largest absolute Gasteiger partial charge is 0.258 e. The molecule has 0 amide bonds. The normalized spacial score (nSPS) is 11.0. The van der Waals surface area contributed by atoms with E-state index in [4.69, 9.17) is 15.0 Å². The van der Waals surface area contributed by atoms with Crippen molar-refractivity contribution in [3.8, 4) is 78.7 Å². The van der Waals surface area contributed by atoms with Gasteiger partial charge in [0.2, 0.25) is 0 Å². The number of nitrogens with zero attached hydrogens (tertiary/aromatic N) is 4. The zero-order chi connectivity index (χ0) is 33.9. The highest BCUT2D eigenvalue weighted by molar-refractivity contribution is 5.97. The van der Waals surface area contributed by atoms with E-state index >= 15 is 0 Å². The number of hydrogen-bond donors (Lipinski definition) is 0. The van der Waals surface area contributed by atoms with Crippen LogP contribution in [-0.2, 0) is 0 Å². The van der Waals surface area contributed by atoms with E-state index in [1.54, 1.807) is 0 Å². The van der Waals surface area contributed by atoms with Crippen molar-refractivity contribution in [3.63, 3.8) is 0 Å². The molecule has 4 heteroatoms. The molecule has 238 valence electrons. The molecule has 2 aromatic heterocycles. The summed E-state index contributed by atoms with van der Waals surface area (Å²) in [6.07, 6.45) is 0. The molecule has 0 saturated heterocycles. The molecule has 2 heterocycles. The maximum Gasteiger partial charge on any atom is 0.164 e. The van der Waals surface area contributed by atoms with Crippen molar-refractivity contribution in [2.24, 2.45) is 0 Å². The second kappa shape index (κ2) is 13.5. The van der Waals surface area contributed by atoms with Crippen LogP contribution in [0.3, 0.4) is 0 Å². The maximum atomic E-state index is 4.99. The van der Waals surface area contributed by atoms with E-state index in [-0.39, 0.29) is 0 Å². The molecule has 0 bridgehead atoms. The van der Waals surface area contributed by atoms with Crippen molar-refractivity contribution >= 4 is 0 Å². The molecule has 0 unspecified atom stereocenters. The van der Waals surface area contributed by atoms with Gasteiger partial charge in [0, 0.05) is 28.1 Å². The highest BCUT2D eigenvalue weighted by atomic mass is 15.0. The standard InChI is InChI=1S/C46H34N4/c1-31-27-40(28-32(2)47-31)46-49-44(37-21-13-6-14-22-37)48-45(50-46)38-25-23-33(24-26-38)39-29-41(34-15-7-3-8-16-34)43(36-19-11-5-12-20-36)42(30-39)35-17-9-4-10-18-35/h3-30H,1-2H3. The number of pyridine rings is 1. The number of aryl methyl sites for hydroxylation is 2. The lowest BCUT2D eigenvalue weighted by Gasteiger charge is -2.19. The predicted octanol–water partition coefficient (Wildman–Crippen LogP) is 11.6. The molecule has 6 aromatic carbocycles. The van der Waals surface area contributed by atoms with Crippen LogP contribution in [0.15, 0.2) is 170 Å². The molecule has 8 aromatic rings. The van der Waals surface area contributed by atoms with Crippen molar-refractivity contribution in [2.45, 2.75) is 13.8 Å². The van der Waals surface area contributed by atoms with Crippen molar-refractivity contribution in [2.75, 3.05) is 0 Å². The summed E-state index contributed by atoms with van der Waals surface area (Å²) < 4.78 is 0. The lowest BCUT2D eigenvalue weighted by atomic mass is 9.84. The average Bonchev–Trinajstić information content (AvgIpc) is 3.18. The predicted molar refractivity (Wildman–Crippen MR) is 205 cm³/mol. The summed E-state index contributed by atoms with van der Waals surface area (Å²) in [4.78, 5) is 19.4. The van der Waals surface area contributed by atoms with Crippen LogP contribution in [0.5, 0.6) is 0 Å². The zero-order valence-corrected chi connectivity index (χ0v) is 28.0. The smallest absolute Gasteiger partial charge is 0.164 e. The quantitative estimate of drug-likeness (QED) is 0.174. The summed E-state index contributed by atoms with van der Waals surface area (Å²) >= 11 is 0. The fourth-order valence-corrected chi connectivity index (χ4v) is 6.54. The van der Waals surface area contributed by atoms with Gasteiger partial charge in [0.25, 0.3) is 0 Å². The summed E-state index contributed by atoms with van der Waals surface area (Å²) in [5, 5.41) is 0. The molecule has 4 nitrogen and oxygen atoms in total. The monoisotopic (exact) mass is 642 g/mol. The molecule has 0 aliphatic heterocycles. The van der Waals surface area contributed by atoms with Crippen molar-refractivity contribution in [1.29, 1.82) is 0 Å². The Balaban J connectivity index is 1.27. The van der Waals surface area contributed by atoms with Gasteiger partial charge in [-0.3, -0.25) is 4.98 Å². The van der Waals surface area contributed by atoms with Gasteiger partial charge in [0.05, 0.1) is 0 Å². The van der Waals surface area contributed by atoms with Crippen molar-refractivity contribution in [1.82, 2.24) is 19.9 Å². The minimum Gasteiger partial charge on any atom is -0.258 e. The molecule has 50 heavy (non-hydrogen) atoms. The Morgan fingerprint density at radius 1 is 0.280 bits per heavy atom. The molecule has 8 rings (SSSR count). The fraction of sp³-hybridized carbons (Fsp3) is 0.0435. The van der Waals surface area contributed by atoms with Gasteiger partial charge in [0.15, 0.2) is 17.5 Å². The first-order valence-corrected chi connectivity index (χ1v) is 16.8. The number of benzene rings is 6. The van der Waals surface area contributed by atoms with Crippen LogP contribution in [0.4, 0.5) is 0 Å². The van der Waals surface area contributed by atoms with Crippen molar-refractivity contribution in [3.05, 3.63) is 181 Å². The third kappa shape index (κ3) is 6.35. The molecule has 0 radical (unpaired) electrons. The molecule has 0 saturated carbocycles. The summed E-state index contributed by atoms with van der Waals surface area (Å²) in [5.41, 5.74) is 14.0. The van der Waals surface area contributed by atoms with Crippen molar-refractivity contribution < 1.29 is 0 Å². The molecule has 0 aliphatic rings. The average molecular weight is 643 g/mol. The van der Waals surface area contributed by atoms with Crippen LogP contribution in [-0.4, -0.2) is 19.9 Å². The minimum atomic E-state index is 0.627. The minimum absolute atomic E-state index is 0.627. The summed E-state index contributed by atoms with van der Waals surface area (Å²) in [7, 11) is 0. The van der Waals surface area contributed by atoms with Crippen LogP contribution in [0, 0.1) is 13.8 Å². The van der Waals surface area contributed by atoms with Gasteiger partial charge in [-0.2, -0.15) is 0 Å². The molecule has 0 spiro atoms. The van der Waals surface area contributed by atoms with Gasteiger partial charge >= 0.3 is 0 Å². The molecule has 0 fully saturated rings. The third-order valence-corrected chi connectivity index (χ3v) is 8.85. The molecular weight excluding hydrogens is 609 g/mol. The highest BCUT2D eigenvalue weighted by Crippen LogP contribution is 2.43. The molecular formula is C46H34N4. The van der Waals surface area contributed by atoms with Gasteiger partial charge in [0.1, 0.15) is 0 Å². The van der Waals surface area contributed by atoms with E-state index in [2.05, 4.69) is 132 Å². The van der Waals surface area contributed by atoms with E-state index in [1.165, 1.54) is 33.4 Å². The first kappa shape index (κ1) is 30.8. The summed E-state index contributed by atoms with van der Waals surface area (Å²) in [5.74, 6) is 1.89. The molecule has 0 atom stereocenters. The van der Waals surface area contributed by atoms with E-state index in [1.807, 2.05) is 56.3 Å². The Hall–Kier alpha value is -6.52. The van der Waals surface area contributed by atoms with E-state index < -0.39 is 0 Å². The summed E-state index contributed by atoms with van der Waals surface area (Å²) in [6.45, 7) is 3.99. The van der Waals surface area contributed by atoms with Crippen LogP contribution in [0.25, 0.3) is 78.7 Å². The van der Waals surface area contributed by atoms with E-state index in [9.17, 15) is 0 Å². The number of aromatic nitrogens is 4. The Kier molecular flexibility index (Phi) is 8.34.